The average molecular weight is 546 g/mol. The van der Waals surface area contributed by atoms with Gasteiger partial charge in [-0.05, 0) is 49.3 Å². The van der Waals surface area contributed by atoms with Crippen LogP contribution in [0.3, 0.4) is 0 Å². The van der Waals surface area contributed by atoms with Gasteiger partial charge in [-0.25, -0.2) is 4.98 Å². The Labute approximate surface area is 222 Å². The Hall–Kier alpha value is -2.98. The van der Waals surface area contributed by atoms with E-state index < -0.39 is 16.8 Å². The van der Waals surface area contributed by atoms with Crippen LogP contribution in [0.5, 0.6) is 11.5 Å². The predicted octanol–water partition coefficient (Wildman–Crippen LogP) is 4.46. The molecule has 3 aromatic rings. The number of thioether (sulfide) groups is 1. The summed E-state index contributed by atoms with van der Waals surface area (Å²) in [7, 11) is 3.12. The van der Waals surface area contributed by atoms with E-state index in [2.05, 4.69) is 15.0 Å². The molecule has 2 aromatic heterocycles. The summed E-state index contributed by atoms with van der Waals surface area (Å²) in [6, 6.07) is 5.15. The molecule has 9 nitrogen and oxygen atoms in total. The van der Waals surface area contributed by atoms with Crippen molar-refractivity contribution in [2.75, 3.05) is 14.2 Å². The number of Topliss-reactive ketones (excluding diaryl/α,β-unsaturated/α-hetero) is 1. The fourth-order valence-corrected chi connectivity index (χ4v) is 6.65. The molecule has 1 aromatic carbocycles. The molecule has 1 saturated heterocycles. The molecule has 1 aliphatic carbocycles. The number of carbonyl (C=O) groups is 2. The van der Waals surface area contributed by atoms with Gasteiger partial charge in [-0.2, -0.15) is 0 Å². The van der Waals surface area contributed by atoms with Crippen LogP contribution in [0.15, 0.2) is 34.3 Å². The summed E-state index contributed by atoms with van der Waals surface area (Å²) in [6.45, 7) is 0. The van der Waals surface area contributed by atoms with Gasteiger partial charge in [0.2, 0.25) is 0 Å². The number of methoxy groups -OCH3 is 2. The highest BCUT2D eigenvalue weighted by Crippen LogP contribution is 2.46. The van der Waals surface area contributed by atoms with Crippen molar-refractivity contribution in [2.24, 2.45) is 5.92 Å². The zero-order chi connectivity index (χ0) is 26.2. The molecule has 0 bridgehead atoms. The van der Waals surface area contributed by atoms with Crippen LogP contribution in [0.25, 0.3) is 11.0 Å². The van der Waals surface area contributed by atoms with E-state index in [0.29, 0.717) is 40.4 Å². The predicted molar refractivity (Wildman–Crippen MR) is 140 cm³/mol. The number of cyclic esters (lactones) is 1. The molecule has 0 spiro atoms. The Balaban J connectivity index is 1.38. The van der Waals surface area contributed by atoms with Crippen LogP contribution in [-0.2, 0) is 20.7 Å². The maximum Gasteiger partial charge on any atom is 0.327 e. The number of aryl methyl sites for hydroxylation is 1. The summed E-state index contributed by atoms with van der Waals surface area (Å²) in [4.78, 5) is 48.9. The average Bonchev–Trinajstić information content (AvgIpc) is 3.58. The molecule has 2 aliphatic rings. The van der Waals surface area contributed by atoms with E-state index >= 15 is 0 Å². The minimum Gasteiger partial charge on any atom is -0.496 e. The number of ketones is 1. The summed E-state index contributed by atoms with van der Waals surface area (Å²) in [5, 5.41) is -0.0191. The van der Waals surface area contributed by atoms with E-state index in [1.165, 1.54) is 7.11 Å². The number of nitrogens with zero attached hydrogens (tertiary/aromatic N) is 1. The van der Waals surface area contributed by atoms with Gasteiger partial charge < -0.3 is 24.2 Å². The van der Waals surface area contributed by atoms with Gasteiger partial charge in [-0.1, -0.05) is 36.2 Å². The first-order chi connectivity index (χ1) is 17.8. The summed E-state index contributed by atoms with van der Waals surface area (Å²) < 4.78 is 17.0. The lowest BCUT2D eigenvalue weighted by molar-refractivity contribution is -0.177. The zero-order valence-electron chi connectivity index (χ0n) is 20.6. The van der Waals surface area contributed by atoms with E-state index in [4.69, 9.17) is 25.8 Å². The second-order valence-corrected chi connectivity index (χ2v) is 11.0. The van der Waals surface area contributed by atoms with E-state index in [1.807, 2.05) is 0 Å². The first-order valence-corrected chi connectivity index (χ1v) is 13.5. The SMILES string of the molecule is COc1cc(OC)c(CCC2(C3CCCC3)CC(=O)C(Sc3nc4[nH]ccc4c(=O)[nH]3)C(=O)O2)cc1Cl. The van der Waals surface area contributed by atoms with Crippen molar-refractivity contribution in [1.82, 2.24) is 15.0 Å². The van der Waals surface area contributed by atoms with Gasteiger partial charge in [-0.3, -0.25) is 14.4 Å². The molecule has 2 N–H and O–H groups in total. The second-order valence-electron chi connectivity index (χ2n) is 9.52. The van der Waals surface area contributed by atoms with Crippen LogP contribution >= 0.6 is 23.4 Å². The number of aromatic nitrogens is 3. The smallest absolute Gasteiger partial charge is 0.327 e. The standard InChI is InChI=1S/C26H28ClN3O6S/c1-34-19-12-20(35-2)17(27)11-14(19)7-9-26(15-5-3-4-6-15)13-18(31)21(24(33)36-26)37-25-29-22-16(8-10-28-22)23(32)30-25/h8,10-12,15,21H,3-7,9,13H2,1-2H3,(H2,28,29,30,32). The van der Waals surface area contributed by atoms with Crippen molar-refractivity contribution >= 4 is 46.1 Å². The van der Waals surface area contributed by atoms with Gasteiger partial charge in [0.05, 0.1) is 24.6 Å². The third-order valence-corrected chi connectivity index (χ3v) is 8.79. The van der Waals surface area contributed by atoms with Crippen LogP contribution < -0.4 is 15.0 Å². The maximum atomic E-state index is 13.4. The summed E-state index contributed by atoms with van der Waals surface area (Å²) in [5.41, 5.74) is 0.0170. The number of hydrogen-bond acceptors (Lipinski definition) is 8. The molecule has 11 heteroatoms. The molecule has 37 heavy (non-hydrogen) atoms. The number of H-pyrrole nitrogens is 2. The first-order valence-electron chi connectivity index (χ1n) is 12.2. The zero-order valence-corrected chi connectivity index (χ0v) is 22.2. The van der Waals surface area contributed by atoms with E-state index in [-0.39, 0.29) is 28.8 Å². The van der Waals surface area contributed by atoms with Crippen LogP contribution in [0.4, 0.5) is 0 Å². The van der Waals surface area contributed by atoms with E-state index in [0.717, 1.165) is 43.0 Å². The third-order valence-electron chi connectivity index (χ3n) is 7.39. The highest BCUT2D eigenvalue weighted by molar-refractivity contribution is 8.01. The number of halogens is 1. The van der Waals surface area contributed by atoms with Gasteiger partial charge in [0, 0.05) is 18.7 Å². The Morgan fingerprint density at radius 1 is 1.16 bits per heavy atom. The Kier molecular flexibility index (Phi) is 7.22. The van der Waals surface area contributed by atoms with E-state index in [1.54, 1.807) is 31.5 Å². The van der Waals surface area contributed by atoms with Crippen molar-refractivity contribution in [3.63, 3.8) is 0 Å². The van der Waals surface area contributed by atoms with Gasteiger partial charge >= 0.3 is 5.97 Å². The molecule has 3 heterocycles. The fourth-order valence-electron chi connectivity index (χ4n) is 5.51. The molecule has 2 unspecified atom stereocenters. The molecule has 1 saturated carbocycles. The first kappa shape index (κ1) is 25.7. The molecule has 196 valence electrons. The van der Waals surface area contributed by atoms with Crippen LogP contribution in [0.1, 0.15) is 44.1 Å². The molecule has 5 rings (SSSR count). The highest BCUT2D eigenvalue weighted by atomic mass is 35.5. The minimum absolute atomic E-state index is 0.0965. The van der Waals surface area contributed by atoms with Gasteiger partial charge in [0.1, 0.15) is 22.7 Å². The Morgan fingerprint density at radius 3 is 2.62 bits per heavy atom. The van der Waals surface area contributed by atoms with Crippen LogP contribution in [-0.4, -0.2) is 51.8 Å². The summed E-state index contributed by atoms with van der Waals surface area (Å²) >= 11 is 7.29. The molecular formula is C26H28ClN3O6S. The second kappa shape index (κ2) is 10.4. The molecule has 1 aliphatic heterocycles. The number of esters is 1. The van der Waals surface area contributed by atoms with E-state index in [9.17, 15) is 14.4 Å². The van der Waals surface area contributed by atoms with Gasteiger partial charge in [-0.15, -0.1) is 0 Å². The monoisotopic (exact) mass is 545 g/mol. The van der Waals surface area contributed by atoms with Crippen LogP contribution in [0.2, 0.25) is 5.02 Å². The largest absolute Gasteiger partial charge is 0.496 e. The van der Waals surface area contributed by atoms with Gasteiger partial charge in [0.25, 0.3) is 5.56 Å². The molecule has 0 radical (unpaired) electrons. The lowest BCUT2D eigenvalue weighted by atomic mass is 9.76. The lowest BCUT2D eigenvalue weighted by Crippen LogP contribution is -2.53. The molecule has 2 fully saturated rings. The Bertz CT molecular complexity index is 1380. The van der Waals surface area contributed by atoms with Crippen molar-refractivity contribution in [2.45, 2.75) is 61.0 Å². The van der Waals surface area contributed by atoms with Gasteiger partial charge in [0.15, 0.2) is 16.2 Å². The number of benzene rings is 1. The number of hydrogen-bond donors (Lipinski definition) is 2. The van der Waals surface area contributed by atoms with Crippen LogP contribution in [0, 0.1) is 5.92 Å². The summed E-state index contributed by atoms with van der Waals surface area (Å²) in [6.07, 6.45) is 6.58. The Morgan fingerprint density at radius 2 is 1.92 bits per heavy atom. The topological polar surface area (TPSA) is 123 Å². The number of ether oxygens (including phenoxy) is 3. The summed E-state index contributed by atoms with van der Waals surface area (Å²) in [5.74, 6) is 0.416. The molecular weight excluding hydrogens is 518 g/mol. The lowest BCUT2D eigenvalue weighted by Gasteiger charge is -2.42. The maximum absolute atomic E-state index is 13.4. The normalized spacial score (nSPS) is 22.4. The number of rotatable bonds is 8. The highest BCUT2D eigenvalue weighted by Gasteiger charge is 2.52. The van der Waals surface area contributed by atoms with Crippen molar-refractivity contribution in [3.05, 3.63) is 45.3 Å². The third kappa shape index (κ3) is 4.96. The number of carbonyl (C=O) groups excluding carboxylic acids is 2. The minimum atomic E-state index is -1.09. The van der Waals surface area contributed by atoms with Crippen molar-refractivity contribution in [3.8, 4) is 11.5 Å². The van der Waals surface area contributed by atoms with Crippen molar-refractivity contribution in [1.29, 1.82) is 0 Å². The number of aromatic amines is 2. The molecule has 2 atom stereocenters. The number of nitrogens with one attached hydrogen (secondary N) is 2. The number of fused-ring (bicyclic) bond motifs is 1. The fraction of sp³-hybridized carbons (Fsp3) is 0.462. The quantitative estimate of drug-likeness (QED) is 0.241. The molecule has 0 amide bonds. The van der Waals surface area contributed by atoms with Crippen molar-refractivity contribution < 1.29 is 23.8 Å².